The monoisotopic (exact) mass is 358 g/mol. The highest BCUT2D eigenvalue weighted by atomic mass is 32.2. The summed E-state index contributed by atoms with van der Waals surface area (Å²) in [5.41, 5.74) is 2.52. The van der Waals surface area contributed by atoms with E-state index in [4.69, 9.17) is 0 Å². The second-order valence-corrected chi connectivity index (χ2v) is 8.05. The first-order valence-electron chi connectivity index (χ1n) is 8.37. The maximum absolute atomic E-state index is 13.2. The summed E-state index contributed by atoms with van der Waals surface area (Å²) in [7, 11) is -3.60. The molecule has 0 unspecified atom stereocenters. The van der Waals surface area contributed by atoms with Crippen LogP contribution in [0.2, 0.25) is 0 Å². The quantitative estimate of drug-likeness (QED) is 0.826. The summed E-state index contributed by atoms with van der Waals surface area (Å²) >= 11 is 0. The molecular weight excluding hydrogens is 336 g/mol. The predicted octanol–water partition coefficient (Wildman–Crippen LogP) is 2.82. The zero-order valence-electron chi connectivity index (χ0n) is 14.4. The van der Waals surface area contributed by atoms with Gasteiger partial charge in [-0.15, -0.1) is 0 Å². The summed E-state index contributed by atoms with van der Waals surface area (Å²) in [5.74, 6) is -0.179. The molecule has 1 atom stereocenters. The van der Waals surface area contributed by atoms with Gasteiger partial charge in [0.25, 0.3) is 5.91 Å². The van der Waals surface area contributed by atoms with Crippen LogP contribution in [0.5, 0.6) is 0 Å². The molecule has 132 valence electrons. The average Bonchev–Trinajstić information content (AvgIpc) is 3.02. The largest absolute Gasteiger partial charge is 0.310 e. The molecule has 5 nitrogen and oxygen atoms in total. The minimum absolute atomic E-state index is 0.179. The molecule has 0 bridgehead atoms. The molecule has 1 amide bonds. The van der Waals surface area contributed by atoms with Crippen molar-refractivity contribution >= 4 is 27.3 Å². The number of carbonyl (C=O) groups is 1. The summed E-state index contributed by atoms with van der Waals surface area (Å²) in [6, 6.07) is 15.8. The van der Waals surface area contributed by atoms with Gasteiger partial charge >= 0.3 is 0 Å². The SMILES string of the molecule is CC[C@H](C(=O)N1CCc2ccccc21)N(c1ccccc1)S(C)(=O)=O. The first kappa shape index (κ1) is 17.5. The lowest BCUT2D eigenvalue weighted by Crippen LogP contribution is -2.50. The van der Waals surface area contributed by atoms with E-state index in [9.17, 15) is 13.2 Å². The van der Waals surface area contributed by atoms with Crippen molar-refractivity contribution < 1.29 is 13.2 Å². The van der Waals surface area contributed by atoms with Crippen molar-refractivity contribution in [2.24, 2.45) is 0 Å². The zero-order chi connectivity index (χ0) is 18.0. The van der Waals surface area contributed by atoms with Crippen LogP contribution >= 0.6 is 0 Å². The first-order valence-corrected chi connectivity index (χ1v) is 10.2. The second kappa shape index (κ2) is 6.88. The summed E-state index contributed by atoms with van der Waals surface area (Å²) in [5, 5.41) is 0. The number of nitrogens with zero attached hydrogens (tertiary/aromatic N) is 2. The van der Waals surface area contributed by atoms with Crippen LogP contribution in [-0.4, -0.2) is 33.2 Å². The number of benzene rings is 2. The molecule has 0 fully saturated rings. The Labute approximate surface area is 148 Å². The Morgan fingerprint density at radius 3 is 2.40 bits per heavy atom. The van der Waals surface area contributed by atoms with Crippen LogP contribution in [0.4, 0.5) is 11.4 Å². The van der Waals surface area contributed by atoms with Crippen molar-refractivity contribution in [3.8, 4) is 0 Å². The Hall–Kier alpha value is -2.34. The van der Waals surface area contributed by atoms with Crippen LogP contribution in [0.15, 0.2) is 54.6 Å². The van der Waals surface area contributed by atoms with Crippen molar-refractivity contribution in [3.05, 3.63) is 60.2 Å². The van der Waals surface area contributed by atoms with Gasteiger partial charge in [0.1, 0.15) is 6.04 Å². The molecule has 0 spiro atoms. The molecule has 0 aliphatic carbocycles. The van der Waals surface area contributed by atoms with Crippen molar-refractivity contribution in [1.29, 1.82) is 0 Å². The van der Waals surface area contributed by atoms with E-state index in [1.54, 1.807) is 29.2 Å². The maximum Gasteiger partial charge on any atom is 0.250 e. The van der Waals surface area contributed by atoms with Gasteiger partial charge in [0.05, 0.1) is 11.9 Å². The summed E-state index contributed by atoms with van der Waals surface area (Å²) < 4.78 is 26.2. The second-order valence-electron chi connectivity index (χ2n) is 6.19. The molecule has 0 N–H and O–H groups in total. The van der Waals surface area contributed by atoms with E-state index in [2.05, 4.69) is 0 Å². The summed E-state index contributed by atoms with van der Waals surface area (Å²) in [6.07, 6.45) is 2.34. The molecule has 0 saturated carbocycles. The van der Waals surface area contributed by atoms with Gasteiger partial charge < -0.3 is 4.90 Å². The van der Waals surface area contributed by atoms with Crippen LogP contribution < -0.4 is 9.21 Å². The molecular formula is C19H22N2O3S. The Bertz CT molecular complexity index is 865. The number of rotatable bonds is 5. The van der Waals surface area contributed by atoms with E-state index >= 15 is 0 Å². The van der Waals surface area contributed by atoms with Crippen molar-refractivity contribution in [1.82, 2.24) is 0 Å². The maximum atomic E-state index is 13.2. The third-order valence-electron chi connectivity index (χ3n) is 4.48. The van der Waals surface area contributed by atoms with Crippen LogP contribution in [0.3, 0.4) is 0 Å². The Kier molecular flexibility index (Phi) is 4.81. The van der Waals surface area contributed by atoms with E-state index in [0.717, 1.165) is 23.9 Å². The Morgan fingerprint density at radius 2 is 1.76 bits per heavy atom. The number of hydrogen-bond acceptors (Lipinski definition) is 3. The van der Waals surface area contributed by atoms with Gasteiger partial charge in [-0.1, -0.05) is 43.3 Å². The lowest BCUT2D eigenvalue weighted by molar-refractivity contribution is -0.119. The van der Waals surface area contributed by atoms with Crippen LogP contribution in [0.1, 0.15) is 18.9 Å². The molecule has 0 radical (unpaired) electrons. The molecule has 1 aliphatic heterocycles. The molecule has 0 saturated heterocycles. The van der Waals surface area contributed by atoms with Crippen molar-refractivity contribution in [2.75, 3.05) is 22.0 Å². The summed E-state index contributed by atoms with van der Waals surface area (Å²) in [4.78, 5) is 14.9. The molecule has 6 heteroatoms. The average molecular weight is 358 g/mol. The molecule has 0 aromatic heterocycles. The zero-order valence-corrected chi connectivity index (χ0v) is 15.2. The van der Waals surface area contributed by atoms with Crippen molar-refractivity contribution in [3.63, 3.8) is 0 Å². The lowest BCUT2D eigenvalue weighted by Gasteiger charge is -2.33. The number of hydrogen-bond donors (Lipinski definition) is 0. The van der Waals surface area contributed by atoms with E-state index in [1.807, 2.05) is 37.3 Å². The van der Waals surface area contributed by atoms with Gasteiger partial charge in [0.15, 0.2) is 0 Å². The highest BCUT2D eigenvalue weighted by molar-refractivity contribution is 7.92. The number of amides is 1. The normalized spacial score (nSPS) is 14.9. The highest BCUT2D eigenvalue weighted by Crippen LogP contribution is 2.30. The van der Waals surface area contributed by atoms with Gasteiger partial charge in [-0.25, -0.2) is 8.42 Å². The van der Waals surface area contributed by atoms with E-state index < -0.39 is 16.1 Å². The van der Waals surface area contributed by atoms with Gasteiger partial charge in [-0.3, -0.25) is 9.10 Å². The smallest absolute Gasteiger partial charge is 0.250 e. The minimum atomic E-state index is -3.60. The first-order chi connectivity index (χ1) is 11.9. The van der Waals surface area contributed by atoms with E-state index in [-0.39, 0.29) is 5.91 Å². The molecule has 25 heavy (non-hydrogen) atoms. The molecule has 1 aliphatic rings. The molecule has 2 aromatic rings. The Morgan fingerprint density at radius 1 is 1.12 bits per heavy atom. The fraction of sp³-hybridized carbons (Fsp3) is 0.316. The molecule has 1 heterocycles. The summed E-state index contributed by atoms with van der Waals surface area (Å²) in [6.45, 7) is 2.42. The highest BCUT2D eigenvalue weighted by Gasteiger charge is 2.36. The van der Waals surface area contributed by atoms with E-state index in [1.165, 1.54) is 4.31 Å². The van der Waals surface area contributed by atoms with Gasteiger partial charge in [0.2, 0.25) is 10.0 Å². The third-order valence-corrected chi connectivity index (χ3v) is 5.66. The van der Waals surface area contributed by atoms with Crippen LogP contribution in [0, 0.1) is 0 Å². The van der Waals surface area contributed by atoms with Crippen LogP contribution in [0.25, 0.3) is 0 Å². The minimum Gasteiger partial charge on any atom is -0.310 e. The number of sulfonamides is 1. The van der Waals surface area contributed by atoms with Crippen LogP contribution in [-0.2, 0) is 21.2 Å². The van der Waals surface area contributed by atoms with Crippen molar-refractivity contribution in [2.45, 2.75) is 25.8 Å². The number of fused-ring (bicyclic) bond motifs is 1. The fourth-order valence-electron chi connectivity index (χ4n) is 3.37. The third kappa shape index (κ3) is 3.39. The fourth-order valence-corrected chi connectivity index (χ4v) is 4.57. The molecule has 3 rings (SSSR count). The number of anilines is 2. The van der Waals surface area contributed by atoms with Gasteiger partial charge in [0, 0.05) is 12.2 Å². The molecule has 2 aromatic carbocycles. The lowest BCUT2D eigenvalue weighted by atomic mass is 10.1. The predicted molar refractivity (Wildman–Crippen MR) is 100 cm³/mol. The standard InChI is InChI=1S/C19H22N2O3S/c1-3-17(21(25(2,23)24)16-10-5-4-6-11-16)19(22)20-14-13-15-9-7-8-12-18(15)20/h4-12,17H,3,13-14H2,1-2H3/t17-/m1/s1. The topological polar surface area (TPSA) is 57.7 Å². The number of carbonyl (C=O) groups excluding carboxylic acids is 1. The Balaban J connectivity index is 1.99. The van der Waals surface area contributed by atoms with E-state index in [0.29, 0.717) is 18.7 Å². The van der Waals surface area contributed by atoms with Gasteiger partial charge in [-0.05, 0) is 36.6 Å². The van der Waals surface area contributed by atoms with Gasteiger partial charge in [-0.2, -0.15) is 0 Å². The number of para-hydroxylation sites is 2.